The van der Waals surface area contributed by atoms with Crippen LogP contribution in [-0.2, 0) is 0 Å². The van der Waals surface area contributed by atoms with Gasteiger partial charge in [-0.15, -0.1) is 0 Å². The van der Waals surface area contributed by atoms with E-state index in [1.54, 1.807) is 0 Å². The monoisotopic (exact) mass is 512 g/mol. The number of aliphatic hydroxyl groups excluding tert-OH is 1. The summed E-state index contributed by atoms with van der Waals surface area (Å²) in [6.07, 6.45) is 8.20. The molecule has 0 unspecified atom stereocenters. The van der Waals surface area contributed by atoms with Crippen molar-refractivity contribution in [2.24, 2.45) is 5.92 Å². The van der Waals surface area contributed by atoms with Crippen LogP contribution in [0.3, 0.4) is 0 Å². The Hall–Kier alpha value is -2.30. The van der Waals surface area contributed by atoms with Gasteiger partial charge in [0.15, 0.2) is 0 Å². The average molecular weight is 513 g/mol. The van der Waals surface area contributed by atoms with Crippen LogP contribution in [0, 0.1) is 5.92 Å². The minimum absolute atomic E-state index is 0.310. The van der Waals surface area contributed by atoms with Gasteiger partial charge in [-0.25, -0.2) is 0 Å². The molecule has 0 atom stereocenters. The molecule has 186 valence electrons. The lowest BCUT2D eigenvalue weighted by atomic mass is 10.0. The predicted octanol–water partition coefficient (Wildman–Crippen LogP) is 6.81. The molecule has 4 aromatic carbocycles. The molecule has 36 heavy (non-hydrogen) atoms. The Labute approximate surface area is 220 Å². The van der Waals surface area contributed by atoms with Crippen LogP contribution in [0.15, 0.2) is 121 Å². The van der Waals surface area contributed by atoms with Crippen molar-refractivity contribution in [1.82, 2.24) is 0 Å². The van der Waals surface area contributed by atoms with Gasteiger partial charge in [0, 0.05) is 6.61 Å². The van der Waals surface area contributed by atoms with Gasteiger partial charge >= 0.3 is 0 Å². The van der Waals surface area contributed by atoms with Gasteiger partial charge < -0.3 is 5.11 Å². The van der Waals surface area contributed by atoms with Crippen molar-refractivity contribution in [3.05, 3.63) is 121 Å². The van der Waals surface area contributed by atoms with E-state index < -0.39 is 15.8 Å². The Balaban J connectivity index is 1.62. The van der Waals surface area contributed by atoms with Gasteiger partial charge in [-0.05, 0) is 68.1 Å². The lowest BCUT2D eigenvalue weighted by Crippen LogP contribution is -2.24. The number of rotatable bonds is 14. The summed E-state index contributed by atoms with van der Waals surface area (Å²) in [6.45, 7) is 0.310. The summed E-state index contributed by atoms with van der Waals surface area (Å²) in [5, 5.41) is 15.1. The van der Waals surface area contributed by atoms with Crippen LogP contribution in [0.25, 0.3) is 0 Å². The van der Waals surface area contributed by atoms with E-state index >= 15 is 0 Å². The maximum atomic E-state index is 9.22. The van der Waals surface area contributed by atoms with Gasteiger partial charge in [-0.1, -0.05) is 141 Å². The maximum absolute atomic E-state index is 9.22. The smallest absolute Gasteiger partial charge is 0.0431 e. The summed E-state index contributed by atoms with van der Waals surface area (Å²) >= 11 is 0. The third kappa shape index (κ3) is 8.11. The molecule has 0 aromatic heterocycles. The van der Waals surface area contributed by atoms with Gasteiger partial charge in [0.2, 0.25) is 0 Å². The van der Waals surface area contributed by atoms with Crippen molar-refractivity contribution in [1.29, 1.82) is 0 Å². The molecule has 4 aromatic rings. The summed E-state index contributed by atoms with van der Waals surface area (Å²) in [7, 11) is -0.832. The van der Waals surface area contributed by atoms with E-state index in [-0.39, 0.29) is 0 Å². The number of benzene rings is 4. The Bertz CT molecular complexity index is 940. The third-order valence-electron chi connectivity index (χ3n) is 6.67. The highest BCUT2D eigenvalue weighted by molar-refractivity contribution is 7.74. The highest BCUT2D eigenvalue weighted by atomic mass is 31.1. The summed E-state index contributed by atoms with van der Waals surface area (Å²) in [5.41, 5.74) is 0. The van der Waals surface area contributed by atoms with Gasteiger partial charge in [-0.2, -0.15) is 0 Å². The van der Waals surface area contributed by atoms with Gasteiger partial charge in [0.25, 0.3) is 0 Å². The quantitative estimate of drug-likeness (QED) is 0.145. The molecule has 0 spiro atoms. The van der Waals surface area contributed by atoms with E-state index in [0.717, 1.165) is 12.8 Å². The fourth-order valence-electron chi connectivity index (χ4n) is 4.81. The Morgan fingerprint density at radius 3 is 1.11 bits per heavy atom. The number of hydrogen-bond donors (Lipinski definition) is 1. The molecule has 0 radical (unpaired) electrons. The predicted molar refractivity (Wildman–Crippen MR) is 162 cm³/mol. The zero-order valence-corrected chi connectivity index (χ0v) is 22.9. The number of hydrogen-bond acceptors (Lipinski definition) is 1. The van der Waals surface area contributed by atoms with Crippen molar-refractivity contribution in [3.63, 3.8) is 0 Å². The van der Waals surface area contributed by atoms with Crippen LogP contribution < -0.4 is 21.2 Å². The third-order valence-corrected chi connectivity index (χ3v) is 12.1. The normalized spacial score (nSPS) is 11.4. The fraction of sp³-hybridized carbons (Fsp3) is 0.273. The minimum Gasteiger partial charge on any atom is -0.396 e. The first kappa shape index (κ1) is 26.8. The van der Waals surface area contributed by atoms with Crippen LogP contribution in [0.5, 0.6) is 0 Å². The van der Waals surface area contributed by atoms with E-state index in [9.17, 15) is 5.11 Å². The fourth-order valence-corrected chi connectivity index (χ4v) is 10.2. The van der Waals surface area contributed by atoms with Gasteiger partial charge in [0.05, 0.1) is 0 Å². The molecule has 4 rings (SSSR count). The van der Waals surface area contributed by atoms with Crippen LogP contribution in [-0.4, -0.2) is 24.0 Å². The van der Waals surface area contributed by atoms with Crippen molar-refractivity contribution >= 4 is 37.1 Å². The SMILES string of the molecule is OCCCCCCC(CP(c1ccccc1)c1ccccc1)CP(c1ccccc1)c1ccccc1. The van der Waals surface area contributed by atoms with Gasteiger partial charge in [0.1, 0.15) is 0 Å². The van der Waals surface area contributed by atoms with Crippen molar-refractivity contribution in [2.75, 3.05) is 18.9 Å². The maximum Gasteiger partial charge on any atom is 0.0431 e. The molecule has 0 heterocycles. The van der Waals surface area contributed by atoms with E-state index in [0.29, 0.717) is 12.5 Å². The molecule has 0 amide bonds. The molecular formula is C33H38OP2. The van der Waals surface area contributed by atoms with E-state index in [4.69, 9.17) is 0 Å². The summed E-state index contributed by atoms with van der Waals surface area (Å²) in [6, 6.07) is 44.7. The molecule has 0 saturated heterocycles. The lowest BCUT2D eigenvalue weighted by molar-refractivity contribution is 0.282. The van der Waals surface area contributed by atoms with Crippen LogP contribution in [0.4, 0.5) is 0 Å². The standard InChI is InChI=1S/C33H38OP2/c34-26-16-2-1-7-17-29(27-35(30-18-8-3-9-19-30)31-20-10-4-11-21-31)28-36(32-22-12-5-13-23-32)33-24-14-6-15-25-33/h3-6,8-15,18-25,29,34H,1-2,7,16-17,26-28H2. The second-order valence-corrected chi connectivity index (χ2v) is 13.9. The molecule has 0 bridgehead atoms. The van der Waals surface area contributed by atoms with E-state index in [2.05, 4.69) is 121 Å². The van der Waals surface area contributed by atoms with Crippen LogP contribution in [0.2, 0.25) is 0 Å². The second-order valence-electron chi connectivity index (χ2n) is 9.36. The zero-order valence-electron chi connectivity index (χ0n) is 21.1. The molecule has 0 saturated carbocycles. The van der Waals surface area contributed by atoms with Crippen molar-refractivity contribution < 1.29 is 5.11 Å². The Morgan fingerprint density at radius 2 is 0.778 bits per heavy atom. The zero-order chi connectivity index (χ0) is 24.8. The second kappa shape index (κ2) is 15.1. The first-order chi connectivity index (χ1) is 17.8. The number of aliphatic hydroxyl groups is 1. The highest BCUT2D eigenvalue weighted by Gasteiger charge is 2.24. The first-order valence-corrected chi connectivity index (χ1v) is 16.3. The minimum atomic E-state index is -0.416. The molecule has 3 heteroatoms. The largest absolute Gasteiger partial charge is 0.396 e. The molecule has 1 N–H and O–H groups in total. The Morgan fingerprint density at radius 1 is 0.444 bits per heavy atom. The molecule has 1 nitrogen and oxygen atoms in total. The van der Waals surface area contributed by atoms with Crippen LogP contribution >= 0.6 is 15.8 Å². The Kier molecular flexibility index (Phi) is 11.2. The summed E-state index contributed by atoms with van der Waals surface area (Å²) in [4.78, 5) is 0. The topological polar surface area (TPSA) is 20.2 Å². The first-order valence-electron chi connectivity index (χ1n) is 13.2. The summed E-state index contributed by atoms with van der Waals surface area (Å²) in [5.74, 6) is 0.650. The van der Waals surface area contributed by atoms with E-state index in [1.165, 1.54) is 52.8 Å². The average Bonchev–Trinajstić information content (AvgIpc) is 2.96. The summed E-state index contributed by atoms with van der Waals surface area (Å²) < 4.78 is 0. The molecule has 0 aliphatic carbocycles. The molecule has 0 aliphatic heterocycles. The molecule has 0 aliphatic rings. The van der Waals surface area contributed by atoms with Crippen LogP contribution in [0.1, 0.15) is 32.1 Å². The highest BCUT2D eigenvalue weighted by Crippen LogP contribution is 2.43. The van der Waals surface area contributed by atoms with E-state index in [1.807, 2.05) is 0 Å². The van der Waals surface area contributed by atoms with Crippen molar-refractivity contribution in [2.45, 2.75) is 32.1 Å². The number of unbranched alkanes of at least 4 members (excludes halogenated alkanes) is 3. The van der Waals surface area contributed by atoms with Crippen molar-refractivity contribution in [3.8, 4) is 0 Å². The molecular weight excluding hydrogens is 474 g/mol. The van der Waals surface area contributed by atoms with Gasteiger partial charge in [-0.3, -0.25) is 0 Å². The lowest BCUT2D eigenvalue weighted by Gasteiger charge is -2.29. The molecule has 0 fully saturated rings.